The molecule has 1 unspecified atom stereocenters. The molecule has 0 aromatic rings. The quantitative estimate of drug-likeness (QED) is 0.601. The van der Waals surface area contributed by atoms with Gasteiger partial charge < -0.3 is 20.9 Å². The Balaban J connectivity index is 2.28. The third kappa shape index (κ3) is 4.08. The lowest BCUT2D eigenvalue weighted by atomic mass is 10.0. The molecule has 4 N–H and O–H groups in total. The third-order valence-electron chi connectivity index (χ3n) is 2.74. The number of amides is 1. The Labute approximate surface area is 96.3 Å². The smallest absolute Gasteiger partial charge is 0.237 e. The summed E-state index contributed by atoms with van der Waals surface area (Å²) < 4.78 is 5.08. The summed E-state index contributed by atoms with van der Waals surface area (Å²) in [5.74, 6) is 0.188. The lowest BCUT2D eigenvalue weighted by Gasteiger charge is -2.22. The van der Waals surface area contributed by atoms with Crippen molar-refractivity contribution in [2.45, 2.75) is 38.3 Å². The Hall–Kier alpha value is -0.650. The Bertz CT molecular complexity index is 237. The van der Waals surface area contributed by atoms with Crippen molar-refractivity contribution >= 4 is 5.91 Å². The minimum Gasteiger partial charge on any atom is -0.386 e. The molecule has 0 spiro atoms. The Morgan fingerprint density at radius 2 is 2.31 bits per heavy atom. The standard InChI is InChI=1S/C11H22N2O3/c1-8(2)5-9(12)10(14)13-6-11(15)3-4-16-7-11/h8-9,15H,3-7,12H2,1-2H3,(H,13,14)/t9-,11?/m0/s1. The van der Waals surface area contributed by atoms with E-state index in [0.29, 0.717) is 25.4 Å². The molecule has 5 heteroatoms. The number of nitrogens with one attached hydrogen (secondary N) is 1. The van der Waals surface area contributed by atoms with Crippen molar-refractivity contribution in [3.8, 4) is 0 Å². The average Bonchev–Trinajstić information content (AvgIpc) is 2.61. The lowest BCUT2D eigenvalue weighted by Crippen LogP contribution is -2.48. The van der Waals surface area contributed by atoms with Crippen LogP contribution in [0, 0.1) is 5.92 Å². The molecular formula is C11H22N2O3. The summed E-state index contributed by atoms with van der Waals surface area (Å²) in [5, 5.41) is 12.6. The summed E-state index contributed by atoms with van der Waals surface area (Å²) in [5.41, 5.74) is 4.81. The molecule has 0 radical (unpaired) electrons. The SMILES string of the molecule is CC(C)C[C@H](N)C(=O)NCC1(O)CCOC1. The summed E-state index contributed by atoms with van der Waals surface area (Å²) in [7, 11) is 0. The van der Waals surface area contributed by atoms with Crippen molar-refractivity contribution in [3.05, 3.63) is 0 Å². The highest BCUT2D eigenvalue weighted by Crippen LogP contribution is 2.16. The van der Waals surface area contributed by atoms with E-state index >= 15 is 0 Å². The summed E-state index contributed by atoms with van der Waals surface area (Å²) in [4.78, 5) is 11.6. The molecule has 0 bridgehead atoms. The molecule has 0 saturated carbocycles. The Morgan fingerprint density at radius 3 is 2.81 bits per heavy atom. The van der Waals surface area contributed by atoms with E-state index < -0.39 is 11.6 Å². The lowest BCUT2D eigenvalue weighted by molar-refractivity contribution is -0.124. The van der Waals surface area contributed by atoms with E-state index in [1.165, 1.54) is 0 Å². The number of hydrogen-bond donors (Lipinski definition) is 3. The molecule has 1 heterocycles. The van der Waals surface area contributed by atoms with Crippen molar-refractivity contribution in [1.82, 2.24) is 5.32 Å². The molecule has 94 valence electrons. The molecule has 1 amide bonds. The predicted molar refractivity (Wildman–Crippen MR) is 60.8 cm³/mol. The predicted octanol–water partition coefficient (Wildman–Crippen LogP) is -0.373. The van der Waals surface area contributed by atoms with Crippen LogP contribution in [-0.2, 0) is 9.53 Å². The molecule has 1 rings (SSSR count). The van der Waals surface area contributed by atoms with Gasteiger partial charge in [-0.25, -0.2) is 0 Å². The van der Waals surface area contributed by atoms with Gasteiger partial charge in [-0.2, -0.15) is 0 Å². The first-order valence-corrected chi connectivity index (χ1v) is 5.76. The molecule has 2 atom stereocenters. The first-order chi connectivity index (χ1) is 7.43. The van der Waals surface area contributed by atoms with Crippen LogP contribution in [0.25, 0.3) is 0 Å². The maximum absolute atomic E-state index is 11.6. The van der Waals surface area contributed by atoms with E-state index in [9.17, 15) is 9.90 Å². The zero-order valence-electron chi connectivity index (χ0n) is 10.0. The molecule has 5 nitrogen and oxygen atoms in total. The van der Waals surface area contributed by atoms with Crippen molar-refractivity contribution in [2.75, 3.05) is 19.8 Å². The molecular weight excluding hydrogens is 208 g/mol. The van der Waals surface area contributed by atoms with Gasteiger partial charge in [-0.3, -0.25) is 4.79 Å². The van der Waals surface area contributed by atoms with Gasteiger partial charge in [0.15, 0.2) is 0 Å². The van der Waals surface area contributed by atoms with Gasteiger partial charge >= 0.3 is 0 Å². The maximum Gasteiger partial charge on any atom is 0.237 e. The van der Waals surface area contributed by atoms with Crippen LogP contribution in [0.1, 0.15) is 26.7 Å². The second-order valence-electron chi connectivity index (χ2n) is 4.98. The monoisotopic (exact) mass is 230 g/mol. The molecule has 0 aliphatic carbocycles. The summed E-state index contributed by atoms with van der Waals surface area (Å²) in [6, 6.07) is -0.495. The van der Waals surface area contributed by atoms with E-state index in [4.69, 9.17) is 10.5 Å². The van der Waals surface area contributed by atoms with Gasteiger partial charge in [0.25, 0.3) is 0 Å². The van der Waals surface area contributed by atoms with Crippen LogP contribution in [0.5, 0.6) is 0 Å². The van der Waals surface area contributed by atoms with Gasteiger partial charge in [0.2, 0.25) is 5.91 Å². The maximum atomic E-state index is 11.6. The largest absolute Gasteiger partial charge is 0.386 e. The molecule has 1 aliphatic rings. The van der Waals surface area contributed by atoms with Crippen LogP contribution in [0.15, 0.2) is 0 Å². The topological polar surface area (TPSA) is 84.6 Å². The number of aliphatic hydroxyl groups is 1. The molecule has 16 heavy (non-hydrogen) atoms. The van der Waals surface area contributed by atoms with Crippen molar-refractivity contribution in [2.24, 2.45) is 11.7 Å². The van der Waals surface area contributed by atoms with Crippen LogP contribution in [0.3, 0.4) is 0 Å². The van der Waals surface area contributed by atoms with E-state index in [1.54, 1.807) is 0 Å². The fraction of sp³-hybridized carbons (Fsp3) is 0.909. The van der Waals surface area contributed by atoms with Crippen molar-refractivity contribution in [3.63, 3.8) is 0 Å². The normalized spacial score (nSPS) is 27.1. The van der Waals surface area contributed by atoms with Crippen molar-refractivity contribution in [1.29, 1.82) is 0 Å². The van der Waals surface area contributed by atoms with Crippen LogP contribution in [-0.4, -0.2) is 42.4 Å². The molecule has 1 saturated heterocycles. The van der Waals surface area contributed by atoms with Crippen LogP contribution >= 0.6 is 0 Å². The summed E-state index contributed by atoms with van der Waals surface area (Å²) >= 11 is 0. The summed E-state index contributed by atoms with van der Waals surface area (Å²) in [6.45, 7) is 5.09. The minimum atomic E-state index is -0.910. The second-order valence-corrected chi connectivity index (χ2v) is 4.98. The number of nitrogens with two attached hydrogens (primary N) is 1. The van der Waals surface area contributed by atoms with Gasteiger partial charge in [0, 0.05) is 19.6 Å². The van der Waals surface area contributed by atoms with Gasteiger partial charge in [0.1, 0.15) is 5.60 Å². The average molecular weight is 230 g/mol. The van der Waals surface area contributed by atoms with Crippen molar-refractivity contribution < 1.29 is 14.6 Å². The molecule has 1 fully saturated rings. The van der Waals surface area contributed by atoms with E-state index in [0.717, 1.165) is 0 Å². The van der Waals surface area contributed by atoms with Crippen LogP contribution in [0.4, 0.5) is 0 Å². The number of carbonyl (C=O) groups is 1. The zero-order chi connectivity index (χ0) is 12.2. The second kappa shape index (κ2) is 5.61. The van der Waals surface area contributed by atoms with Gasteiger partial charge in [-0.05, 0) is 12.3 Å². The number of ether oxygens (including phenoxy) is 1. The Kier molecular flexibility index (Phi) is 4.70. The van der Waals surface area contributed by atoms with Gasteiger partial charge in [-0.15, -0.1) is 0 Å². The fourth-order valence-electron chi connectivity index (χ4n) is 1.73. The summed E-state index contributed by atoms with van der Waals surface area (Å²) in [6.07, 6.45) is 1.22. The van der Waals surface area contributed by atoms with Crippen LogP contribution in [0.2, 0.25) is 0 Å². The number of rotatable bonds is 5. The Morgan fingerprint density at radius 1 is 1.62 bits per heavy atom. The number of hydrogen-bond acceptors (Lipinski definition) is 4. The van der Waals surface area contributed by atoms with Crippen LogP contribution < -0.4 is 11.1 Å². The fourth-order valence-corrected chi connectivity index (χ4v) is 1.73. The van der Waals surface area contributed by atoms with E-state index in [1.807, 2.05) is 13.8 Å². The first kappa shape index (κ1) is 13.4. The molecule has 0 aromatic carbocycles. The van der Waals surface area contributed by atoms with E-state index in [2.05, 4.69) is 5.32 Å². The highest BCUT2D eigenvalue weighted by Gasteiger charge is 2.32. The van der Waals surface area contributed by atoms with Gasteiger partial charge in [-0.1, -0.05) is 13.8 Å². The molecule has 1 aliphatic heterocycles. The highest BCUT2D eigenvalue weighted by molar-refractivity contribution is 5.81. The zero-order valence-corrected chi connectivity index (χ0v) is 10.0. The molecule has 0 aromatic heterocycles. The minimum absolute atomic E-state index is 0.200. The van der Waals surface area contributed by atoms with E-state index in [-0.39, 0.29) is 19.1 Å². The highest BCUT2D eigenvalue weighted by atomic mass is 16.5. The number of carbonyl (C=O) groups excluding carboxylic acids is 1. The van der Waals surface area contributed by atoms with Gasteiger partial charge in [0.05, 0.1) is 12.6 Å². The third-order valence-corrected chi connectivity index (χ3v) is 2.74. The first-order valence-electron chi connectivity index (χ1n) is 5.76.